The van der Waals surface area contributed by atoms with Crippen LogP contribution in [0.25, 0.3) is 11.4 Å². The molecule has 3 rings (SSSR count). The third-order valence-corrected chi connectivity index (χ3v) is 4.07. The second-order valence-electron chi connectivity index (χ2n) is 4.77. The van der Waals surface area contributed by atoms with Gasteiger partial charge in [-0.05, 0) is 38.4 Å². The molecule has 0 bridgehead atoms. The molecule has 1 aromatic heterocycles. The lowest BCUT2D eigenvalue weighted by Crippen LogP contribution is -2.33. The molecule has 0 amide bonds. The molecule has 1 saturated heterocycles. The van der Waals surface area contributed by atoms with Crippen LogP contribution in [0.5, 0.6) is 0 Å². The molecular weight excluding hydrogens is 294 g/mol. The van der Waals surface area contributed by atoms with Gasteiger partial charge in [-0.2, -0.15) is 4.98 Å². The molecule has 2 aromatic rings. The predicted octanol–water partition coefficient (Wildman–Crippen LogP) is 3.10. The Bertz CT molecular complexity index is 561. The Morgan fingerprint density at radius 2 is 2.22 bits per heavy atom. The third kappa shape index (κ3) is 1.97. The predicted molar refractivity (Wildman–Crippen MR) is 72.0 cm³/mol. The number of hydrogen-bond donors (Lipinski definition) is 1. The summed E-state index contributed by atoms with van der Waals surface area (Å²) in [7, 11) is 0. The van der Waals surface area contributed by atoms with E-state index in [1.165, 1.54) is 0 Å². The molecule has 1 unspecified atom stereocenters. The normalized spacial score (nSPS) is 23.4. The van der Waals surface area contributed by atoms with Gasteiger partial charge in [0, 0.05) is 10.0 Å². The molecule has 4 nitrogen and oxygen atoms in total. The number of rotatable bonds is 2. The summed E-state index contributed by atoms with van der Waals surface area (Å²) in [4.78, 5) is 4.52. The smallest absolute Gasteiger partial charge is 0.246 e. The molecule has 0 spiro atoms. The van der Waals surface area contributed by atoms with Crippen molar-refractivity contribution in [1.82, 2.24) is 15.5 Å². The van der Waals surface area contributed by atoms with Crippen LogP contribution in [0.15, 0.2) is 33.3 Å². The van der Waals surface area contributed by atoms with E-state index in [1.54, 1.807) is 0 Å². The van der Waals surface area contributed by atoms with Crippen LogP contribution in [0.4, 0.5) is 0 Å². The first kappa shape index (κ1) is 11.9. The summed E-state index contributed by atoms with van der Waals surface area (Å²) in [5, 5.41) is 7.50. The fourth-order valence-corrected chi connectivity index (χ4v) is 2.74. The average Bonchev–Trinajstić information content (AvgIpc) is 2.99. The topological polar surface area (TPSA) is 51.0 Å². The maximum absolute atomic E-state index is 5.42. The number of nitrogens with one attached hydrogen (secondary N) is 1. The lowest BCUT2D eigenvalue weighted by Gasteiger charge is -2.18. The van der Waals surface area contributed by atoms with E-state index < -0.39 is 0 Å². The van der Waals surface area contributed by atoms with E-state index in [4.69, 9.17) is 4.52 Å². The van der Waals surface area contributed by atoms with Gasteiger partial charge in [0.05, 0.1) is 5.54 Å². The van der Waals surface area contributed by atoms with Gasteiger partial charge in [0.2, 0.25) is 11.7 Å². The minimum atomic E-state index is -0.174. The van der Waals surface area contributed by atoms with Crippen molar-refractivity contribution in [3.63, 3.8) is 0 Å². The van der Waals surface area contributed by atoms with Gasteiger partial charge in [-0.1, -0.05) is 33.2 Å². The molecule has 1 aliphatic heterocycles. The lowest BCUT2D eigenvalue weighted by atomic mass is 10.0. The Morgan fingerprint density at radius 1 is 1.39 bits per heavy atom. The molecular formula is C13H14BrN3O. The van der Waals surface area contributed by atoms with Crippen LogP contribution in [0.2, 0.25) is 0 Å². The third-order valence-electron chi connectivity index (χ3n) is 3.38. The summed E-state index contributed by atoms with van der Waals surface area (Å²) in [6, 6.07) is 7.88. The molecule has 0 radical (unpaired) electrons. The largest absolute Gasteiger partial charge is 0.337 e. The van der Waals surface area contributed by atoms with E-state index in [-0.39, 0.29) is 5.54 Å². The first-order chi connectivity index (χ1) is 8.69. The number of nitrogens with zero attached hydrogens (tertiary/aromatic N) is 2. The highest BCUT2D eigenvalue weighted by Crippen LogP contribution is 2.32. The Balaban J connectivity index is 1.97. The van der Waals surface area contributed by atoms with Gasteiger partial charge in [0.1, 0.15) is 0 Å². The van der Waals surface area contributed by atoms with Crippen LogP contribution in [0.1, 0.15) is 25.7 Å². The van der Waals surface area contributed by atoms with Gasteiger partial charge >= 0.3 is 0 Å². The van der Waals surface area contributed by atoms with Crippen molar-refractivity contribution in [3.05, 3.63) is 34.6 Å². The molecule has 0 saturated carbocycles. The van der Waals surface area contributed by atoms with E-state index in [2.05, 4.69) is 38.3 Å². The molecule has 1 aromatic carbocycles. The van der Waals surface area contributed by atoms with Crippen molar-refractivity contribution in [2.24, 2.45) is 0 Å². The molecule has 1 aliphatic rings. The monoisotopic (exact) mass is 307 g/mol. The Hall–Kier alpha value is -1.20. The summed E-state index contributed by atoms with van der Waals surface area (Å²) >= 11 is 3.50. The first-order valence-corrected chi connectivity index (χ1v) is 6.82. The van der Waals surface area contributed by atoms with E-state index in [9.17, 15) is 0 Å². The highest BCUT2D eigenvalue weighted by Gasteiger charge is 2.35. The average molecular weight is 308 g/mol. The van der Waals surface area contributed by atoms with Crippen molar-refractivity contribution < 1.29 is 4.52 Å². The first-order valence-electron chi connectivity index (χ1n) is 6.03. The number of aromatic nitrogens is 2. The van der Waals surface area contributed by atoms with Crippen molar-refractivity contribution in [3.8, 4) is 11.4 Å². The highest BCUT2D eigenvalue weighted by atomic mass is 79.9. The number of hydrogen-bond acceptors (Lipinski definition) is 4. The molecule has 1 fully saturated rings. The summed E-state index contributed by atoms with van der Waals surface area (Å²) in [5.41, 5.74) is 0.779. The van der Waals surface area contributed by atoms with E-state index in [0.717, 1.165) is 29.4 Å². The van der Waals surface area contributed by atoms with E-state index in [1.807, 2.05) is 24.3 Å². The molecule has 1 atom stereocenters. The summed E-state index contributed by atoms with van der Waals surface area (Å²) in [6.45, 7) is 3.11. The van der Waals surface area contributed by atoms with Gasteiger partial charge in [-0.15, -0.1) is 0 Å². The van der Waals surface area contributed by atoms with Crippen LogP contribution >= 0.6 is 15.9 Å². The van der Waals surface area contributed by atoms with Crippen molar-refractivity contribution >= 4 is 15.9 Å². The highest BCUT2D eigenvalue weighted by molar-refractivity contribution is 9.10. The SMILES string of the molecule is CC1(c2nc(-c3ccccc3Br)no2)CCCN1. The van der Waals surface area contributed by atoms with Crippen molar-refractivity contribution in [1.29, 1.82) is 0 Å². The zero-order valence-corrected chi connectivity index (χ0v) is 11.7. The maximum Gasteiger partial charge on any atom is 0.246 e. The van der Waals surface area contributed by atoms with Gasteiger partial charge in [-0.25, -0.2) is 0 Å². The zero-order chi connectivity index (χ0) is 12.6. The van der Waals surface area contributed by atoms with Crippen LogP contribution < -0.4 is 5.32 Å². The Morgan fingerprint density at radius 3 is 2.94 bits per heavy atom. The van der Waals surface area contributed by atoms with Crippen LogP contribution in [0.3, 0.4) is 0 Å². The van der Waals surface area contributed by atoms with Gasteiger partial charge in [-0.3, -0.25) is 0 Å². The summed E-state index contributed by atoms with van der Waals surface area (Å²) in [6.07, 6.45) is 2.17. The minimum Gasteiger partial charge on any atom is -0.337 e. The quantitative estimate of drug-likeness (QED) is 0.926. The van der Waals surface area contributed by atoms with Crippen molar-refractivity contribution in [2.45, 2.75) is 25.3 Å². The van der Waals surface area contributed by atoms with E-state index >= 15 is 0 Å². The fraction of sp³-hybridized carbons (Fsp3) is 0.385. The van der Waals surface area contributed by atoms with E-state index in [0.29, 0.717) is 11.7 Å². The molecule has 0 aliphatic carbocycles. The molecule has 1 N–H and O–H groups in total. The van der Waals surface area contributed by atoms with Crippen molar-refractivity contribution in [2.75, 3.05) is 6.54 Å². The van der Waals surface area contributed by atoms with Gasteiger partial charge < -0.3 is 9.84 Å². The zero-order valence-electron chi connectivity index (χ0n) is 10.1. The summed E-state index contributed by atoms with van der Waals surface area (Å²) in [5.74, 6) is 1.30. The number of benzene rings is 1. The van der Waals surface area contributed by atoms with Crippen LogP contribution in [-0.2, 0) is 5.54 Å². The molecule has 18 heavy (non-hydrogen) atoms. The standard InChI is InChI=1S/C13H14BrN3O/c1-13(7-4-8-15-13)12-16-11(17-18-12)9-5-2-3-6-10(9)14/h2-3,5-6,15H,4,7-8H2,1H3. The second kappa shape index (κ2) is 4.48. The molecule has 2 heterocycles. The van der Waals surface area contributed by atoms with Crippen LogP contribution in [0, 0.1) is 0 Å². The van der Waals surface area contributed by atoms with Gasteiger partial charge in [0.15, 0.2) is 0 Å². The van der Waals surface area contributed by atoms with Gasteiger partial charge in [0.25, 0.3) is 0 Å². The Labute approximate surface area is 114 Å². The maximum atomic E-state index is 5.42. The van der Waals surface area contributed by atoms with Crippen LogP contribution in [-0.4, -0.2) is 16.7 Å². The minimum absolute atomic E-state index is 0.174. The second-order valence-corrected chi connectivity index (χ2v) is 5.62. The molecule has 94 valence electrons. The lowest BCUT2D eigenvalue weighted by molar-refractivity contribution is 0.275. The number of halogens is 1. The Kier molecular flexibility index (Phi) is 2.95. The fourth-order valence-electron chi connectivity index (χ4n) is 2.28. The molecule has 5 heteroatoms. The summed E-state index contributed by atoms with van der Waals surface area (Å²) < 4.78 is 6.39.